The summed E-state index contributed by atoms with van der Waals surface area (Å²) in [6, 6.07) is 7.31. The standard InChI is InChI=1S/C28H40N4O4S/c1-27(2,3)20-29-24(33)19-22-11-9-21(10-12-22)13-18-37(35,36)32-16-14-28(15-17-32)26(34)30-25(31-28)23-7-5-4-6-8-23/h9-13,18,23H,4-8,14-17,19-20H2,1-3H3,(H,29,33)(H,30,31,34). The predicted molar refractivity (Wildman–Crippen MR) is 146 cm³/mol. The summed E-state index contributed by atoms with van der Waals surface area (Å²) in [5, 5.41) is 7.18. The lowest BCUT2D eigenvalue weighted by Crippen LogP contribution is -2.50. The maximum absolute atomic E-state index is 13.0. The van der Waals surface area contributed by atoms with Crippen molar-refractivity contribution in [3.63, 3.8) is 0 Å². The number of aliphatic imine (C=N–C) groups is 1. The van der Waals surface area contributed by atoms with Gasteiger partial charge in [0.25, 0.3) is 5.91 Å². The third kappa shape index (κ3) is 7.08. The molecule has 9 heteroatoms. The third-order valence-electron chi connectivity index (χ3n) is 7.49. The fourth-order valence-corrected chi connectivity index (χ4v) is 6.36. The van der Waals surface area contributed by atoms with Crippen molar-refractivity contribution in [3.05, 3.63) is 40.8 Å². The number of benzene rings is 1. The Morgan fingerprint density at radius 2 is 1.78 bits per heavy atom. The summed E-state index contributed by atoms with van der Waals surface area (Å²) in [5.74, 6) is 1.03. The normalized spacial score (nSPS) is 21.3. The minimum Gasteiger partial charge on any atom is -0.355 e. The molecular formula is C28H40N4O4S. The molecule has 2 N–H and O–H groups in total. The molecule has 1 aromatic carbocycles. The van der Waals surface area contributed by atoms with Crippen molar-refractivity contribution in [3.8, 4) is 0 Å². The molecule has 1 saturated heterocycles. The highest BCUT2D eigenvalue weighted by Crippen LogP contribution is 2.35. The Hall–Kier alpha value is -2.52. The highest BCUT2D eigenvalue weighted by Gasteiger charge is 2.48. The van der Waals surface area contributed by atoms with E-state index in [9.17, 15) is 18.0 Å². The maximum Gasteiger partial charge on any atom is 0.253 e. The van der Waals surface area contributed by atoms with Crippen molar-refractivity contribution in [2.24, 2.45) is 16.3 Å². The van der Waals surface area contributed by atoms with Gasteiger partial charge >= 0.3 is 0 Å². The molecule has 1 spiro atoms. The van der Waals surface area contributed by atoms with Gasteiger partial charge in [0.2, 0.25) is 15.9 Å². The number of sulfonamides is 1. The second kappa shape index (κ2) is 11.1. The quantitative estimate of drug-likeness (QED) is 0.563. The molecule has 1 aliphatic carbocycles. The summed E-state index contributed by atoms with van der Waals surface area (Å²) >= 11 is 0. The van der Waals surface area contributed by atoms with Crippen LogP contribution >= 0.6 is 0 Å². The lowest BCUT2D eigenvalue weighted by molar-refractivity contribution is -0.125. The van der Waals surface area contributed by atoms with Crippen LogP contribution < -0.4 is 10.6 Å². The first-order chi connectivity index (χ1) is 17.5. The minimum absolute atomic E-state index is 0.0271. The van der Waals surface area contributed by atoms with Gasteiger partial charge < -0.3 is 10.6 Å². The number of carbonyl (C=O) groups excluding carboxylic acids is 2. The van der Waals surface area contributed by atoms with E-state index in [0.717, 1.165) is 29.8 Å². The number of carbonyl (C=O) groups is 2. The van der Waals surface area contributed by atoms with E-state index < -0.39 is 15.6 Å². The molecule has 2 heterocycles. The molecule has 2 fully saturated rings. The fourth-order valence-electron chi connectivity index (χ4n) is 5.17. The maximum atomic E-state index is 13.0. The van der Waals surface area contributed by atoms with Gasteiger partial charge in [0.05, 0.1) is 6.42 Å². The molecule has 0 unspecified atom stereocenters. The fraction of sp³-hybridized carbons (Fsp3) is 0.607. The number of rotatable bonds is 7. The SMILES string of the molecule is CC(C)(C)CNC(=O)Cc1ccc(C=CS(=O)(=O)N2CCC3(CC2)N=C(C2CCCCC2)NC3=O)cc1. The van der Waals surface area contributed by atoms with Crippen LogP contribution in [-0.4, -0.2) is 55.5 Å². The van der Waals surface area contributed by atoms with E-state index in [1.54, 1.807) is 6.08 Å². The number of nitrogens with one attached hydrogen (secondary N) is 2. The third-order valence-corrected chi connectivity index (χ3v) is 9.06. The van der Waals surface area contributed by atoms with Crippen molar-refractivity contribution in [1.29, 1.82) is 0 Å². The highest BCUT2D eigenvalue weighted by atomic mass is 32.2. The van der Waals surface area contributed by atoms with Crippen LogP contribution in [0, 0.1) is 11.3 Å². The zero-order valence-corrected chi connectivity index (χ0v) is 23.1. The van der Waals surface area contributed by atoms with Crippen molar-refractivity contribution < 1.29 is 18.0 Å². The van der Waals surface area contributed by atoms with Crippen LogP contribution in [0.5, 0.6) is 0 Å². The van der Waals surface area contributed by atoms with Crippen molar-refractivity contribution in [1.82, 2.24) is 14.9 Å². The van der Waals surface area contributed by atoms with Gasteiger partial charge in [-0.15, -0.1) is 0 Å². The second-order valence-electron chi connectivity index (χ2n) is 11.8. The van der Waals surface area contributed by atoms with Crippen LogP contribution in [-0.2, 0) is 26.0 Å². The van der Waals surface area contributed by atoms with Crippen LogP contribution in [0.25, 0.3) is 6.08 Å². The second-order valence-corrected chi connectivity index (χ2v) is 13.6. The van der Waals surface area contributed by atoms with E-state index >= 15 is 0 Å². The Labute approximate surface area is 221 Å². The Morgan fingerprint density at radius 1 is 1.14 bits per heavy atom. The number of amides is 2. The van der Waals surface area contributed by atoms with Crippen LogP contribution in [0.15, 0.2) is 34.7 Å². The van der Waals surface area contributed by atoms with Crippen molar-refractivity contribution >= 4 is 33.7 Å². The molecule has 0 bridgehead atoms. The Morgan fingerprint density at radius 3 is 2.41 bits per heavy atom. The predicted octanol–water partition coefficient (Wildman–Crippen LogP) is 3.64. The van der Waals surface area contributed by atoms with Gasteiger partial charge in [0.15, 0.2) is 0 Å². The Kier molecular flexibility index (Phi) is 8.23. The lowest BCUT2D eigenvalue weighted by Gasteiger charge is -2.34. The molecule has 0 aromatic heterocycles. The molecule has 3 aliphatic rings. The van der Waals surface area contributed by atoms with Gasteiger partial charge in [0, 0.05) is 31.0 Å². The molecular weight excluding hydrogens is 488 g/mol. The first kappa shape index (κ1) is 27.5. The molecule has 2 aliphatic heterocycles. The molecule has 37 heavy (non-hydrogen) atoms. The molecule has 0 atom stereocenters. The molecule has 202 valence electrons. The van der Waals surface area contributed by atoms with E-state index in [0.29, 0.717) is 25.3 Å². The Bertz CT molecular complexity index is 1150. The lowest BCUT2D eigenvalue weighted by atomic mass is 9.88. The van der Waals surface area contributed by atoms with Gasteiger partial charge in [-0.1, -0.05) is 64.3 Å². The number of nitrogens with zero attached hydrogens (tertiary/aromatic N) is 2. The van der Waals surface area contributed by atoms with E-state index in [-0.39, 0.29) is 36.7 Å². The molecule has 1 aromatic rings. The average Bonchev–Trinajstić information content (AvgIpc) is 3.18. The van der Waals surface area contributed by atoms with Gasteiger partial charge in [-0.2, -0.15) is 4.31 Å². The largest absolute Gasteiger partial charge is 0.355 e. The summed E-state index contributed by atoms with van der Waals surface area (Å²) in [6.07, 6.45) is 8.35. The minimum atomic E-state index is -3.62. The highest BCUT2D eigenvalue weighted by molar-refractivity contribution is 7.92. The van der Waals surface area contributed by atoms with Crippen molar-refractivity contribution in [2.45, 2.75) is 77.7 Å². The Balaban J connectivity index is 1.31. The van der Waals surface area contributed by atoms with Crippen LogP contribution in [0.3, 0.4) is 0 Å². The van der Waals surface area contributed by atoms with Crippen molar-refractivity contribution in [2.75, 3.05) is 19.6 Å². The number of hydrogen-bond acceptors (Lipinski definition) is 5. The van der Waals surface area contributed by atoms with Crippen LogP contribution in [0.1, 0.15) is 76.8 Å². The van der Waals surface area contributed by atoms with Gasteiger partial charge in [0.1, 0.15) is 11.4 Å². The number of piperidine rings is 1. The summed E-state index contributed by atoms with van der Waals surface area (Å²) in [7, 11) is -3.62. The van der Waals surface area contributed by atoms with Gasteiger partial charge in [-0.05, 0) is 48.3 Å². The first-order valence-corrected chi connectivity index (χ1v) is 14.9. The summed E-state index contributed by atoms with van der Waals surface area (Å²) in [4.78, 5) is 29.8. The zero-order chi connectivity index (χ0) is 26.7. The number of amidine groups is 1. The monoisotopic (exact) mass is 528 g/mol. The van der Waals surface area contributed by atoms with E-state index in [2.05, 4.69) is 31.4 Å². The molecule has 8 nitrogen and oxygen atoms in total. The zero-order valence-electron chi connectivity index (χ0n) is 22.3. The van der Waals surface area contributed by atoms with E-state index in [4.69, 9.17) is 4.99 Å². The van der Waals surface area contributed by atoms with Crippen LogP contribution in [0.4, 0.5) is 0 Å². The molecule has 2 amide bonds. The topological polar surface area (TPSA) is 108 Å². The molecule has 0 radical (unpaired) electrons. The number of hydrogen-bond donors (Lipinski definition) is 2. The summed E-state index contributed by atoms with van der Waals surface area (Å²) in [5.41, 5.74) is 0.820. The van der Waals surface area contributed by atoms with Gasteiger partial charge in [-0.3, -0.25) is 14.6 Å². The van der Waals surface area contributed by atoms with Gasteiger partial charge in [-0.25, -0.2) is 8.42 Å². The summed E-state index contributed by atoms with van der Waals surface area (Å²) < 4.78 is 27.4. The molecule has 4 rings (SSSR count). The average molecular weight is 529 g/mol. The van der Waals surface area contributed by atoms with E-state index in [1.165, 1.54) is 29.0 Å². The van der Waals surface area contributed by atoms with E-state index in [1.807, 2.05) is 24.3 Å². The first-order valence-electron chi connectivity index (χ1n) is 13.4. The molecule has 1 saturated carbocycles. The summed E-state index contributed by atoms with van der Waals surface area (Å²) in [6.45, 7) is 7.35. The van der Waals surface area contributed by atoms with Crippen LogP contribution in [0.2, 0.25) is 0 Å². The smallest absolute Gasteiger partial charge is 0.253 e.